The molecule has 0 aromatic heterocycles. The Morgan fingerprint density at radius 3 is 3.00 bits per heavy atom. The van der Waals surface area contributed by atoms with Crippen LogP contribution < -0.4 is 0 Å². The number of likely N-dealkylation sites (tertiary alicyclic amines) is 1. The first-order valence-electron chi connectivity index (χ1n) is 6.22. The van der Waals surface area contributed by atoms with Gasteiger partial charge in [-0.15, -0.1) is 0 Å². The van der Waals surface area contributed by atoms with Gasteiger partial charge in [-0.25, -0.2) is 0 Å². The minimum Gasteiger partial charge on any atom is -0.396 e. The third-order valence-electron chi connectivity index (χ3n) is 3.68. The molecule has 2 heterocycles. The first-order chi connectivity index (χ1) is 7.70. The fourth-order valence-corrected chi connectivity index (χ4v) is 2.70. The predicted octanol–water partition coefficient (Wildman–Crippen LogP) is 0.642. The SMILES string of the molecule is CC1CC(C(=O)N2CCC(CCO)C2)CO1. The molecule has 0 saturated carbocycles. The summed E-state index contributed by atoms with van der Waals surface area (Å²) >= 11 is 0. The smallest absolute Gasteiger partial charge is 0.228 e. The number of carbonyl (C=O) groups excluding carboxylic acids is 1. The van der Waals surface area contributed by atoms with Gasteiger partial charge in [0.05, 0.1) is 18.6 Å². The largest absolute Gasteiger partial charge is 0.396 e. The lowest BCUT2D eigenvalue weighted by Gasteiger charge is -2.19. The molecule has 16 heavy (non-hydrogen) atoms. The molecule has 0 radical (unpaired) electrons. The molecule has 0 aromatic carbocycles. The van der Waals surface area contributed by atoms with Crippen LogP contribution in [0.1, 0.15) is 26.2 Å². The molecule has 2 fully saturated rings. The Bertz CT molecular complexity index is 257. The summed E-state index contributed by atoms with van der Waals surface area (Å²) in [5.41, 5.74) is 0. The van der Waals surface area contributed by atoms with Gasteiger partial charge in [0.2, 0.25) is 5.91 Å². The van der Waals surface area contributed by atoms with Gasteiger partial charge in [-0.1, -0.05) is 0 Å². The molecule has 1 N–H and O–H groups in total. The van der Waals surface area contributed by atoms with Gasteiger partial charge in [0.15, 0.2) is 0 Å². The van der Waals surface area contributed by atoms with Crippen LogP contribution in [-0.2, 0) is 9.53 Å². The van der Waals surface area contributed by atoms with E-state index in [4.69, 9.17) is 9.84 Å². The summed E-state index contributed by atoms with van der Waals surface area (Å²) < 4.78 is 5.43. The molecule has 4 heteroatoms. The van der Waals surface area contributed by atoms with E-state index in [1.807, 2.05) is 11.8 Å². The van der Waals surface area contributed by atoms with Crippen LogP contribution in [0.3, 0.4) is 0 Å². The molecule has 0 aliphatic carbocycles. The number of aliphatic hydroxyl groups is 1. The Morgan fingerprint density at radius 2 is 2.38 bits per heavy atom. The Hall–Kier alpha value is -0.610. The molecular formula is C12H21NO3. The van der Waals surface area contributed by atoms with Gasteiger partial charge in [0.25, 0.3) is 0 Å². The zero-order chi connectivity index (χ0) is 11.5. The van der Waals surface area contributed by atoms with Gasteiger partial charge in [0, 0.05) is 19.7 Å². The average Bonchev–Trinajstić information content (AvgIpc) is 2.87. The van der Waals surface area contributed by atoms with E-state index in [0.29, 0.717) is 12.5 Å². The highest BCUT2D eigenvalue weighted by atomic mass is 16.5. The van der Waals surface area contributed by atoms with Crippen LogP contribution in [0.4, 0.5) is 0 Å². The van der Waals surface area contributed by atoms with Gasteiger partial charge in [0.1, 0.15) is 0 Å². The molecule has 4 nitrogen and oxygen atoms in total. The quantitative estimate of drug-likeness (QED) is 0.770. The standard InChI is InChI=1S/C12H21NO3/c1-9-6-11(8-16-9)12(15)13-4-2-10(7-13)3-5-14/h9-11,14H,2-8H2,1H3. The first kappa shape index (κ1) is 11.9. The van der Waals surface area contributed by atoms with E-state index in [1.165, 1.54) is 0 Å². The number of rotatable bonds is 3. The molecule has 3 unspecified atom stereocenters. The summed E-state index contributed by atoms with van der Waals surface area (Å²) in [4.78, 5) is 14.1. The number of amides is 1. The molecule has 2 saturated heterocycles. The summed E-state index contributed by atoms with van der Waals surface area (Å²) in [6, 6.07) is 0. The lowest BCUT2D eigenvalue weighted by Crippen LogP contribution is -2.34. The van der Waals surface area contributed by atoms with Crippen LogP contribution >= 0.6 is 0 Å². The van der Waals surface area contributed by atoms with Crippen LogP contribution in [0, 0.1) is 11.8 Å². The monoisotopic (exact) mass is 227 g/mol. The molecule has 3 atom stereocenters. The Morgan fingerprint density at radius 1 is 1.56 bits per heavy atom. The van der Waals surface area contributed by atoms with Crippen molar-refractivity contribution in [2.75, 3.05) is 26.3 Å². The van der Waals surface area contributed by atoms with Crippen molar-refractivity contribution in [1.82, 2.24) is 4.90 Å². The van der Waals surface area contributed by atoms with Crippen molar-refractivity contribution >= 4 is 5.91 Å². The van der Waals surface area contributed by atoms with Crippen molar-refractivity contribution in [3.05, 3.63) is 0 Å². The normalized spacial score (nSPS) is 34.6. The fourth-order valence-electron chi connectivity index (χ4n) is 2.70. The molecular weight excluding hydrogens is 206 g/mol. The molecule has 0 aromatic rings. The predicted molar refractivity (Wildman–Crippen MR) is 59.9 cm³/mol. The number of aliphatic hydroxyl groups excluding tert-OH is 1. The van der Waals surface area contributed by atoms with E-state index in [2.05, 4.69) is 0 Å². The van der Waals surface area contributed by atoms with Crippen LogP contribution in [-0.4, -0.2) is 48.3 Å². The molecule has 0 bridgehead atoms. The zero-order valence-corrected chi connectivity index (χ0v) is 9.89. The van der Waals surface area contributed by atoms with Gasteiger partial charge in [-0.3, -0.25) is 4.79 Å². The molecule has 0 spiro atoms. The number of carbonyl (C=O) groups is 1. The van der Waals surface area contributed by atoms with E-state index in [0.717, 1.165) is 32.4 Å². The lowest BCUT2D eigenvalue weighted by molar-refractivity contribution is -0.134. The first-order valence-corrected chi connectivity index (χ1v) is 6.22. The summed E-state index contributed by atoms with van der Waals surface area (Å²) in [7, 11) is 0. The third-order valence-corrected chi connectivity index (χ3v) is 3.68. The van der Waals surface area contributed by atoms with Crippen LogP contribution in [0.25, 0.3) is 0 Å². The van der Waals surface area contributed by atoms with E-state index in [-0.39, 0.29) is 24.5 Å². The Labute approximate surface area is 96.6 Å². The van der Waals surface area contributed by atoms with Crippen molar-refractivity contribution in [2.24, 2.45) is 11.8 Å². The highest BCUT2D eigenvalue weighted by molar-refractivity contribution is 5.79. The number of ether oxygens (including phenoxy) is 1. The Balaban J connectivity index is 1.82. The van der Waals surface area contributed by atoms with Crippen molar-refractivity contribution in [3.63, 3.8) is 0 Å². The number of hydrogen-bond donors (Lipinski definition) is 1. The average molecular weight is 227 g/mol. The van der Waals surface area contributed by atoms with Crippen LogP contribution in [0.15, 0.2) is 0 Å². The van der Waals surface area contributed by atoms with Crippen molar-refractivity contribution in [1.29, 1.82) is 0 Å². The second-order valence-electron chi connectivity index (χ2n) is 5.03. The van der Waals surface area contributed by atoms with Crippen molar-refractivity contribution in [2.45, 2.75) is 32.3 Å². The van der Waals surface area contributed by atoms with E-state index in [9.17, 15) is 4.79 Å². The second-order valence-corrected chi connectivity index (χ2v) is 5.03. The Kier molecular flexibility index (Phi) is 3.82. The fraction of sp³-hybridized carbons (Fsp3) is 0.917. The second kappa shape index (κ2) is 5.15. The van der Waals surface area contributed by atoms with Crippen LogP contribution in [0.5, 0.6) is 0 Å². The minimum absolute atomic E-state index is 0.0721. The van der Waals surface area contributed by atoms with Gasteiger partial charge in [-0.05, 0) is 32.1 Å². The molecule has 2 rings (SSSR count). The van der Waals surface area contributed by atoms with Crippen LogP contribution in [0.2, 0.25) is 0 Å². The maximum Gasteiger partial charge on any atom is 0.228 e. The summed E-state index contributed by atoms with van der Waals surface area (Å²) in [5.74, 6) is 0.821. The van der Waals surface area contributed by atoms with E-state index >= 15 is 0 Å². The number of hydrogen-bond acceptors (Lipinski definition) is 3. The molecule has 2 aliphatic heterocycles. The lowest BCUT2D eigenvalue weighted by atomic mass is 10.0. The molecule has 92 valence electrons. The summed E-state index contributed by atoms with van der Waals surface area (Å²) in [6.07, 6.45) is 2.95. The highest BCUT2D eigenvalue weighted by Crippen LogP contribution is 2.25. The van der Waals surface area contributed by atoms with Gasteiger partial charge >= 0.3 is 0 Å². The van der Waals surface area contributed by atoms with Crippen molar-refractivity contribution in [3.8, 4) is 0 Å². The zero-order valence-electron chi connectivity index (χ0n) is 9.89. The molecule has 1 amide bonds. The summed E-state index contributed by atoms with van der Waals surface area (Å²) in [5, 5.41) is 8.87. The molecule has 2 aliphatic rings. The minimum atomic E-state index is 0.0721. The third kappa shape index (κ3) is 2.55. The van der Waals surface area contributed by atoms with Crippen molar-refractivity contribution < 1.29 is 14.6 Å². The highest BCUT2D eigenvalue weighted by Gasteiger charge is 2.34. The maximum atomic E-state index is 12.1. The van der Waals surface area contributed by atoms with Gasteiger partial charge < -0.3 is 14.7 Å². The van der Waals surface area contributed by atoms with E-state index < -0.39 is 0 Å². The number of nitrogens with zero attached hydrogens (tertiary/aromatic N) is 1. The topological polar surface area (TPSA) is 49.8 Å². The van der Waals surface area contributed by atoms with Gasteiger partial charge in [-0.2, -0.15) is 0 Å². The maximum absolute atomic E-state index is 12.1. The van der Waals surface area contributed by atoms with E-state index in [1.54, 1.807) is 0 Å². The summed E-state index contributed by atoms with van der Waals surface area (Å²) in [6.45, 7) is 4.52.